The van der Waals surface area contributed by atoms with Gasteiger partial charge in [0.1, 0.15) is 16.9 Å². The topological polar surface area (TPSA) is 49.9 Å². The van der Waals surface area contributed by atoms with Crippen LogP contribution >= 0.6 is 23.5 Å². The number of benzene rings is 1. The first-order valence-electron chi connectivity index (χ1n) is 12.7. The second kappa shape index (κ2) is 8.51. The summed E-state index contributed by atoms with van der Waals surface area (Å²) in [7, 11) is 0. The van der Waals surface area contributed by atoms with E-state index in [0.717, 1.165) is 59.8 Å². The molecule has 1 fully saturated rings. The highest BCUT2D eigenvalue weighted by molar-refractivity contribution is 8.24. The van der Waals surface area contributed by atoms with Crippen molar-refractivity contribution in [2.24, 2.45) is 5.41 Å². The number of hydrogen-bond donors (Lipinski definition) is 0. The second-order valence-corrected chi connectivity index (χ2v) is 13.7. The number of nitrogens with zero attached hydrogens (tertiary/aromatic N) is 2. The largest absolute Gasteiger partial charge is 0.486 e. The summed E-state index contributed by atoms with van der Waals surface area (Å²) in [5, 5.41) is 3.40. The average Bonchev–Trinajstić information content (AvgIpc) is 3.46. The monoisotopic (exact) mass is 500 g/mol. The lowest BCUT2D eigenvalue weighted by molar-refractivity contribution is -0.147. The fourth-order valence-corrected chi connectivity index (χ4v) is 8.42. The zero-order chi connectivity index (χ0) is 24.4. The molecule has 0 aromatic heterocycles. The normalized spacial score (nSPS) is 21.9. The standard InChI is InChI=1S/C27H36N2O3S2/c1-7-9-11-28-23(30)19(24(31)29(28)12-10-8-2)25-33-21-18-14-26(3,4)13-16(18)17-15-27(5,6)32-20(17)22(21)34-25/h7-15H2,1-6H3. The number of thioether (sulfide) groups is 2. The third-order valence-corrected chi connectivity index (χ3v) is 9.87. The number of rotatable bonds is 6. The molecule has 1 aromatic carbocycles. The molecule has 1 aliphatic carbocycles. The van der Waals surface area contributed by atoms with Crippen molar-refractivity contribution in [3.63, 3.8) is 0 Å². The predicted octanol–water partition coefficient (Wildman–Crippen LogP) is 6.12. The van der Waals surface area contributed by atoms with Crippen LogP contribution in [-0.4, -0.2) is 40.5 Å². The molecule has 1 saturated heterocycles. The van der Waals surface area contributed by atoms with E-state index in [1.807, 2.05) is 0 Å². The molecule has 0 atom stereocenters. The summed E-state index contributed by atoms with van der Waals surface area (Å²) in [6.45, 7) is 14.4. The quantitative estimate of drug-likeness (QED) is 0.348. The first kappa shape index (κ1) is 24.1. The van der Waals surface area contributed by atoms with E-state index in [0.29, 0.717) is 18.7 Å². The molecule has 0 saturated carbocycles. The molecule has 1 aromatic rings. The molecule has 184 valence electrons. The van der Waals surface area contributed by atoms with Crippen LogP contribution in [0.2, 0.25) is 0 Å². The third-order valence-electron chi connectivity index (χ3n) is 7.21. The zero-order valence-electron chi connectivity index (χ0n) is 21.3. The highest BCUT2D eigenvalue weighted by atomic mass is 32.2. The number of amides is 2. The van der Waals surface area contributed by atoms with Gasteiger partial charge in [-0.15, -0.1) is 0 Å². The van der Waals surface area contributed by atoms with Gasteiger partial charge in [-0.25, -0.2) is 10.0 Å². The first-order chi connectivity index (χ1) is 16.1. The Morgan fingerprint density at radius 1 is 0.794 bits per heavy atom. The molecule has 2 amide bonds. The van der Waals surface area contributed by atoms with Gasteiger partial charge in [-0.1, -0.05) is 64.1 Å². The number of carbonyl (C=O) groups is 2. The second-order valence-electron chi connectivity index (χ2n) is 11.4. The number of unbranched alkanes of at least 4 members (excludes halogenated alkanes) is 2. The SMILES string of the molecule is CCCCN1C(=O)C(=C2Sc3c4c(c5c(c3S2)OC(C)(C)C5)CC(C)(C)C4)C(=O)N1CCCC. The molecule has 3 heterocycles. The van der Waals surface area contributed by atoms with Crippen molar-refractivity contribution in [1.29, 1.82) is 0 Å². The van der Waals surface area contributed by atoms with Crippen molar-refractivity contribution in [3.8, 4) is 5.75 Å². The Morgan fingerprint density at radius 2 is 1.35 bits per heavy atom. The van der Waals surface area contributed by atoms with E-state index in [9.17, 15) is 9.59 Å². The minimum Gasteiger partial charge on any atom is -0.486 e. The van der Waals surface area contributed by atoms with Crippen molar-refractivity contribution in [2.75, 3.05) is 13.1 Å². The summed E-state index contributed by atoms with van der Waals surface area (Å²) < 4.78 is 7.33. The van der Waals surface area contributed by atoms with Crippen molar-refractivity contribution < 1.29 is 14.3 Å². The van der Waals surface area contributed by atoms with Crippen molar-refractivity contribution in [3.05, 3.63) is 26.5 Å². The van der Waals surface area contributed by atoms with E-state index in [1.54, 1.807) is 33.5 Å². The Bertz CT molecular complexity index is 1020. The van der Waals surface area contributed by atoms with Gasteiger partial charge in [0.2, 0.25) is 0 Å². The van der Waals surface area contributed by atoms with Crippen LogP contribution in [0.1, 0.15) is 83.9 Å². The molecule has 0 bridgehead atoms. The van der Waals surface area contributed by atoms with Crippen LogP contribution in [0.25, 0.3) is 0 Å². The number of hydrazine groups is 1. The number of ether oxygens (including phenoxy) is 1. The first-order valence-corrected chi connectivity index (χ1v) is 14.3. The van der Waals surface area contributed by atoms with Gasteiger partial charge in [-0.3, -0.25) is 9.59 Å². The van der Waals surface area contributed by atoms with E-state index in [-0.39, 0.29) is 22.8 Å². The summed E-state index contributed by atoms with van der Waals surface area (Å²) in [5.41, 5.74) is 4.55. The third kappa shape index (κ3) is 3.87. The maximum absolute atomic E-state index is 13.6. The van der Waals surface area contributed by atoms with Crippen LogP contribution in [-0.2, 0) is 28.9 Å². The van der Waals surface area contributed by atoms with Crippen LogP contribution in [0.15, 0.2) is 19.6 Å². The Morgan fingerprint density at radius 3 is 1.94 bits per heavy atom. The van der Waals surface area contributed by atoms with Crippen LogP contribution in [0.4, 0.5) is 0 Å². The average molecular weight is 501 g/mol. The maximum Gasteiger partial charge on any atom is 0.279 e. The van der Waals surface area contributed by atoms with E-state index < -0.39 is 0 Å². The molecule has 4 aliphatic rings. The lowest BCUT2D eigenvalue weighted by atomic mass is 9.89. The molecule has 0 unspecified atom stereocenters. The van der Waals surface area contributed by atoms with Crippen LogP contribution in [0.5, 0.6) is 5.75 Å². The Balaban J connectivity index is 1.57. The van der Waals surface area contributed by atoms with E-state index in [1.165, 1.54) is 21.6 Å². The minimum atomic E-state index is -0.230. The van der Waals surface area contributed by atoms with Gasteiger partial charge >= 0.3 is 0 Å². The molecule has 3 aliphatic heterocycles. The van der Waals surface area contributed by atoms with Gasteiger partial charge in [-0.05, 0) is 56.1 Å². The minimum absolute atomic E-state index is 0.132. The lowest BCUT2D eigenvalue weighted by Crippen LogP contribution is -2.42. The van der Waals surface area contributed by atoms with Gasteiger partial charge in [0.05, 0.1) is 9.13 Å². The smallest absolute Gasteiger partial charge is 0.279 e. The molecule has 0 N–H and O–H groups in total. The molecular formula is C27H36N2O3S2. The van der Waals surface area contributed by atoms with Gasteiger partial charge in [0.15, 0.2) is 0 Å². The maximum atomic E-state index is 13.6. The molecular weight excluding hydrogens is 464 g/mol. The fourth-order valence-electron chi connectivity index (χ4n) is 5.60. The zero-order valence-corrected chi connectivity index (χ0v) is 22.9. The van der Waals surface area contributed by atoms with Crippen LogP contribution in [0, 0.1) is 5.41 Å². The number of carbonyl (C=O) groups excluding carboxylic acids is 2. The van der Waals surface area contributed by atoms with E-state index in [2.05, 4.69) is 41.5 Å². The number of fused-ring (bicyclic) bond motifs is 6. The molecule has 5 nitrogen and oxygen atoms in total. The Labute approximate surface area is 212 Å². The number of hydrogen-bond acceptors (Lipinski definition) is 5. The van der Waals surface area contributed by atoms with Crippen molar-refractivity contribution in [2.45, 2.75) is 102 Å². The Kier molecular flexibility index (Phi) is 6.03. The summed E-state index contributed by atoms with van der Waals surface area (Å²) in [6, 6.07) is 0. The van der Waals surface area contributed by atoms with Gasteiger partial charge in [0, 0.05) is 30.0 Å². The predicted molar refractivity (Wildman–Crippen MR) is 138 cm³/mol. The molecule has 0 spiro atoms. The van der Waals surface area contributed by atoms with E-state index >= 15 is 0 Å². The van der Waals surface area contributed by atoms with Crippen LogP contribution in [0.3, 0.4) is 0 Å². The summed E-state index contributed by atoms with van der Waals surface area (Å²) in [6.07, 6.45) is 6.76. The lowest BCUT2D eigenvalue weighted by Gasteiger charge is -2.27. The van der Waals surface area contributed by atoms with Crippen LogP contribution < -0.4 is 4.74 Å². The Hall–Kier alpha value is -1.60. The highest BCUT2D eigenvalue weighted by Crippen LogP contribution is 2.63. The van der Waals surface area contributed by atoms with Gasteiger partial charge < -0.3 is 4.74 Å². The van der Waals surface area contributed by atoms with Crippen molar-refractivity contribution in [1.82, 2.24) is 10.0 Å². The molecule has 0 radical (unpaired) electrons. The fraction of sp³-hybridized carbons (Fsp3) is 0.630. The van der Waals surface area contributed by atoms with Gasteiger partial charge in [-0.2, -0.15) is 0 Å². The van der Waals surface area contributed by atoms with E-state index in [4.69, 9.17) is 4.74 Å². The van der Waals surface area contributed by atoms with Gasteiger partial charge in [0.25, 0.3) is 11.8 Å². The summed E-state index contributed by atoms with van der Waals surface area (Å²) in [4.78, 5) is 29.5. The molecule has 34 heavy (non-hydrogen) atoms. The summed E-state index contributed by atoms with van der Waals surface area (Å²) >= 11 is 3.22. The summed E-state index contributed by atoms with van der Waals surface area (Å²) in [5.74, 6) is 0.729. The molecule has 7 heteroatoms. The van der Waals surface area contributed by atoms with Crippen molar-refractivity contribution >= 4 is 35.3 Å². The molecule has 5 rings (SSSR count). The highest BCUT2D eigenvalue weighted by Gasteiger charge is 2.47.